The van der Waals surface area contributed by atoms with Crippen molar-refractivity contribution in [1.29, 1.82) is 0 Å². The Kier molecular flexibility index (Phi) is 4.35. The minimum Gasteiger partial charge on any atom is -0.496 e. The van der Waals surface area contributed by atoms with Crippen LogP contribution in [0.5, 0.6) is 11.5 Å². The number of halogens is 1. The molecule has 0 saturated heterocycles. The lowest BCUT2D eigenvalue weighted by Crippen LogP contribution is -2.02. The predicted molar refractivity (Wildman–Crippen MR) is 73.7 cm³/mol. The highest BCUT2D eigenvalue weighted by Gasteiger charge is 2.08. The Morgan fingerprint density at radius 3 is 2.65 bits per heavy atom. The summed E-state index contributed by atoms with van der Waals surface area (Å²) in [6, 6.07) is 11.1. The average molecular weight is 274 g/mol. The van der Waals surface area contributed by atoms with Crippen LogP contribution in [-0.4, -0.2) is 12.9 Å². The smallest absolute Gasteiger partial charge is 0.159 e. The maximum Gasteiger partial charge on any atom is 0.159 e. The fourth-order valence-corrected chi connectivity index (χ4v) is 1.83. The molecule has 3 nitrogen and oxygen atoms in total. The molecule has 4 heteroatoms. The first-order valence-corrected chi connectivity index (χ1v) is 6.16. The molecule has 104 valence electrons. The second-order valence-electron chi connectivity index (χ2n) is 4.33. The van der Waals surface area contributed by atoms with Crippen LogP contribution in [0.2, 0.25) is 0 Å². The van der Waals surface area contributed by atoms with Crippen molar-refractivity contribution in [2.45, 2.75) is 13.5 Å². The Morgan fingerprint density at radius 2 is 2.00 bits per heavy atom. The number of hydrogen-bond acceptors (Lipinski definition) is 3. The molecule has 0 aliphatic heterocycles. The van der Waals surface area contributed by atoms with E-state index in [0.29, 0.717) is 17.1 Å². The van der Waals surface area contributed by atoms with Gasteiger partial charge in [-0.15, -0.1) is 0 Å². The van der Waals surface area contributed by atoms with Gasteiger partial charge in [-0.1, -0.05) is 6.07 Å². The summed E-state index contributed by atoms with van der Waals surface area (Å²) in [6.07, 6.45) is 0. The van der Waals surface area contributed by atoms with Crippen LogP contribution in [-0.2, 0) is 6.61 Å². The summed E-state index contributed by atoms with van der Waals surface area (Å²) < 4.78 is 23.8. The second-order valence-corrected chi connectivity index (χ2v) is 4.33. The molecule has 0 unspecified atom stereocenters. The van der Waals surface area contributed by atoms with Crippen LogP contribution in [0.25, 0.3) is 0 Å². The van der Waals surface area contributed by atoms with E-state index in [4.69, 9.17) is 9.47 Å². The number of Topliss-reactive ketones (excluding diaryl/α,β-unsaturated/α-hetero) is 1. The van der Waals surface area contributed by atoms with E-state index >= 15 is 0 Å². The van der Waals surface area contributed by atoms with Crippen LogP contribution in [0.15, 0.2) is 42.5 Å². The fraction of sp³-hybridized carbons (Fsp3) is 0.188. The molecule has 0 amide bonds. The summed E-state index contributed by atoms with van der Waals surface area (Å²) in [7, 11) is 1.55. The van der Waals surface area contributed by atoms with Crippen LogP contribution in [0.4, 0.5) is 4.39 Å². The van der Waals surface area contributed by atoms with Gasteiger partial charge in [-0.3, -0.25) is 4.79 Å². The van der Waals surface area contributed by atoms with Crippen molar-refractivity contribution in [3.05, 3.63) is 59.4 Å². The molecule has 0 N–H and O–H groups in total. The normalized spacial score (nSPS) is 10.2. The van der Waals surface area contributed by atoms with Gasteiger partial charge in [0.1, 0.15) is 23.9 Å². The van der Waals surface area contributed by atoms with E-state index in [1.165, 1.54) is 19.1 Å². The zero-order valence-corrected chi connectivity index (χ0v) is 11.4. The molecule has 0 spiro atoms. The summed E-state index contributed by atoms with van der Waals surface area (Å²) in [4.78, 5) is 11.4. The van der Waals surface area contributed by atoms with E-state index in [2.05, 4.69) is 0 Å². The average Bonchev–Trinajstić information content (AvgIpc) is 2.44. The second kappa shape index (κ2) is 6.19. The van der Waals surface area contributed by atoms with Crippen molar-refractivity contribution < 1.29 is 18.7 Å². The quantitative estimate of drug-likeness (QED) is 0.781. The van der Waals surface area contributed by atoms with Gasteiger partial charge in [-0.25, -0.2) is 4.39 Å². The molecule has 2 rings (SSSR count). The molecule has 2 aromatic carbocycles. The van der Waals surface area contributed by atoms with E-state index in [0.717, 1.165) is 5.56 Å². The number of carbonyl (C=O) groups is 1. The monoisotopic (exact) mass is 274 g/mol. The number of hydrogen-bond donors (Lipinski definition) is 0. The molecule has 0 fully saturated rings. The minimum atomic E-state index is -0.355. The molecule has 0 bridgehead atoms. The zero-order valence-electron chi connectivity index (χ0n) is 11.4. The molecule has 0 saturated carbocycles. The van der Waals surface area contributed by atoms with Gasteiger partial charge in [-0.05, 0) is 37.3 Å². The minimum absolute atomic E-state index is 0.0281. The highest BCUT2D eigenvalue weighted by atomic mass is 19.1. The largest absolute Gasteiger partial charge is 0.496 e. The van der Waals surface area contributed by atoms with E-state index in [9.17, 15) is 9.18 Å². The first-order chi connectivity index (χ1) is 9.60. The summed E-state index contributed by atoms with van der Waals surface area (Å²) in [5.74, 6) is 0.679. The molecule has 0 aromatic heterocycles. The summed E-state index contributed by atoms with van der Waals surface area (Å²) in [5.41, 5.74) is 1.33. The Bertz CT molecular complexity index is 623. The van der Waals surface area contributed by atoms with Gasteiger partial charge in [0.05, 0.1) is 7.11 Å². The maximum atomic E-state index is 13.1. The standard InChI is InChI=1S/C16H15FO3/c1-11(18)12-6-7-16(19-2)13(8-12)10-20-15-5-3-4-14(17)9-15/h3-9H,10H2,1-2H3. The van der Waals surface area contributed by atoms with E-state index in [1.54, 1.807) is 37.4 Å². The Morgan fingerprint density at radius 1 is 1.20 bits per heavy atom. The van der Waals surface area contributed by atoms with Crippen LogP contribution in [0, 0.1) is 5.82 Å². The topological polar surface area (TPSA) is 35.5 Å². The van der Waals surface area contributed by atoms with Crippen molar-refractivity contribution in [2.24, 2.45) is 0 Å². The van der Waals surface area contributed by atoms with Crippen molar-refractivity contribution in [1.82, 2.24) is 0 Å². The number of ether oxygens (including phenoxy) is 2. The SMILES string of the molecule is COc1ccc(C(C)=O)cc1COc1cccc(F)c1. The van der Waals surface area contributed by atoms with E-state index in [1.807, 2.05) is 0 Å². The Balaban J connectivity index is 2.19. The fourth-order valence-electron chi connectivity index (χ4n) is 1.83. The Labute approximate surface area is 117 Å². The molecule has 2 aromatic rings. The predicted octanol–water partition coefficient (Wildman–Crippen LogP) is 3.62. The third-order valence-electron chi connectivity index (χ3n) is 2.88. The third kappa shape index (κ3) is 3.35. The van der Waals surface area contributed by atoms with Crippen molar-refractivity contribution in [3.63, 3.8) is 0 Å². The van der Waals surface area contributed by atoms with Gasteiger partial charge in [-0.2, -0.15) is 0 Å². The molecule has 0 aliphatic rings. The van der Waals surface area contributed by atoms with Gasteiger partial charge in [0, 0.05) is 17.2 Å². The van der Waals surface area contributed by atoms with Gasteiger partial charge in [0.25, 0.3) is 0 Å². The van der Waals surface area contributed by atoms with Gasteiger partial charge >= 0.3 is 0 Å². The van der Waals surface area contributed by atoms with Crippen LogP contribution >= 0.6 is 0 Å². The van der Waals surface area contributed by atoms with Crippen LogP contribution < -0.4 is 9.47 Å². The summed E-state index contributed by atoms with van der Waals surface area (Å²) in [6.45, 7) is 1.70. The van der Waals surface area contributed by atoms with Crippen molar-refractivity contribution in [2.75, 3.05) is 7.11 Å². The van der Waals surface area contributed by atoms with Gasteiger partial charge in [0.15, 0.2) is 5.78 Å². The van der Waals surface area contributed by atoms with Gasteiger partial charge in [0.2, 0.25) is 0 Å². The van der Waals surface area contributed by atoms with Crippen molar-refractivity contribution >= 4 is 5.78 Å². The molecule has 0 atom stereocenters. The van der Waals surface area contributed by atoms with Crippen molar-refractivity contribution in [3.8, 4) is 11.5 Å². The summed E-state index contributed by atoms with van der Waals surface area (Å²) >= 11 is 0. The van der Waals surface area contributed by atoms with Crippen LogP contribution in [0.1, 0.15) is 22.8 Å². The van der Waals surface area contributed by atoms with E-state index in [-0.39, 0.29) is 18.2 Å². The third-order valence-corrected chi connectivity index (χ3v) is 2.88. The highest BCUT2D eigenvalue weighted by molar-refractivity contribution is 5.94. The van der Waals surface area contributed by atoms with E-state index < -0.39 is 0 Å². The highest BCUT2D eigenvalue weighted by Crippen LogP contribution is 2.22. The maximum absolute atomic E-state index is 13.1. The Hall–Kier alpha value is -2.36. The number of benzene rings is 2. The molecule has 20 heavy (non-hydrogen) atoms. The number of ketones is 1. The molecule has 0 aliphatic carbocycles. The lowest BCUT2D eigenvalue weighted by atomic mass is 10.1. The molecular formula is C16H15FO3. The number of methoxy groups -OCH3 is 1. The van der Waals surface area contributed by atoms with Crippen LogP contribution in [0.3, 0.4) is 0 Å². The number of rotatable bonds is 5. The molecule has 0 heterocycles. The first kappa shape index (κ1) is 14.1. The number of carbonyl (C=O) groups excluding carboxylic acids is 1. The molecule has 0 radical (unpaired) electrons. The zero-order chi connectivity index (χ0) is 14.5. The van der Waals surface area contributed by atoms with Gasteiger partial charge < -0.3 is 9.47 Å². The molecular weight excluding hydrogens is 259 g/mol. The lowest BCUT2D eigenvalue weighted by molar-refractivity contribution is 0.101. The first-order valence-electron chi connectivity index (χ1n) is 6.16. The summed E-state index contributed by atoms with van der Waals surface area (Å²) in [5, 5.41) is 0. The lowest BCUT2D eigenvalue weighted by Gasteiger charge is -2.11.